The zero-order valence-corrected chi connectivity index (χ0v) is 10.3. The predicted octanol–water partition coefficient (Wildman–Crippen LogP) is 0.934. The lowest BCUT2D eigenvalue weighted by Gasteiger charge is -2.23. The van der Waals surface area contributed by atoms with E-state index in [2.05, 4.69) is 11.4 Å². The average molecular weight is 248 g/mol. The lowest BCUT2D eigenvalue weighted by Crippen LogP contribution is -2.41. The van der Waals surface area contributed by atoms with Crippen LogP contribution >= 0.6 is 0 Å². The average Bonchev–Trinajstić information content (AvgIpc) is 2.45. The topological polar surface area (TPSA) is 63.5 Å². The van der Waals surface area contributed by atoms with Gasteiger partial charge in [0.1, 0.15) is 24.2 Å². The van der Waals surface area contributed by atoms with Gasteiger partial charge < -0.3 is 19.5 Å². The first-order valence-electron chi connectivity index (χ1n) is 5.86. The molecule has 1 saturated heterocycles. The highest BCUT2D eigenvalue weighted by Gasteiger charge is 2.14. The van der Waals surface area contributed by atoms with Crippen molar-refractivity contribution in [3.8, 4) is 17.6 Å². The number of ether oxygens (including phenoxy) is 3. The molecule has 2 rings (SSSR count). The van der Waals surface area contributed by atoms with Gasteiger partial charge in [-0.3, -0.25) is 0 Å². The van der Waals surface area contributed by atoms with Crippen LogP contribution in [0.4, 0.5) is 0 Å². The van der Waals surface area contributed by atoms with Gasteiger partial charge in [-0.1, -0.05) is 0 Å². The van der Waals surface area contributed by atoms with Crippen LogP contribution < -0.4 is 14.8 Å². The Balaban J connectivity index is 1.97. The molecule has 0 aromatic heterocycles. The second-order valence-electron chi connectivity index (χ2n) is 4.02. The highest BCUT2D eigenvalue weighted by atomic mass is 16.5. The molecule has 1 aliphatic rings. The maximum Gasteiger partial charge on any atom is 0.124 e. The van der Waals surface area contributed by atoms with E-state index in [1.165, 1.54) is 0 Å². The van der Waals surface area contributed by atoms with Crippen molar-refractivity contribution in [1.82, 2.24) is 5.32 Å². The Hall–Kier alpha value is -1.77. The number of benzene rings is 1. The largest absolute Gasteiger partial charge is 0.497 e. The number of methoxy groups -OCH3 is 1. The van der Waals surface area contributed by atoms with Crippen molar-refractivity contribution < 1.29 is 14.2 Å². The number of nitrogens with one attached hydrogen (secondary N) is 1. The second kappa shape index (κ2) is 6.24. The third-order valence-electron chi connectivity index (χ3n) is 2.69. The maximum absolute atomic E-state index is 8.90. The molecular formula is C13H16N2O3. The van der Waals surface area contributed by atoms with Gasteiger partial charge >= 0.3 is 0 Å². The first kappa shape index (κ1) is 12.7. The molecule has 0 saturated carbocycles. The summed E-state index contributed by atoms with van der Waals surface area (Å²) in [5, 5.41) is 12.1. The second-order valence-corrected chi connectivity index (χ2v) is 4.02. The lowest BCUT2D eigenvalue weighted by atomic mass is 10.2. The van der Waals surface area contributed by atoms with Crippen LogP contribution in [0.1, 0.15) is 5.56 Å². The van der Waals surface area contributed by atoms with Crippen molar-refractivity contribution in [3.05, 3.63) is 23.8 Å². The van der Waals surface area contributed by atoms with Crippen LogP contribution in [0.5, 0.6) is 11.5 Å². The number of nitrogens with zero attached hydrogens (tertiary/aromatic N) is 1. The van der Waals surface area contributed by atoms with Gasteiger partial charge in [-0.15, -0.1) is 0 Å². The van der Waals surface area contributed by atoms with Gasteiger partial charge in [0.2, 0.25) is 0 Å². The molecule has 1 heterocycles. The minimum atomic E-state index is 0.0514. The number of hydrogen-bond acceptors (Lipinski definition) is 5. The van der Waals surface area contributed by atoms with Gasteiger partial charge in [0.15, 0.2) is 0 Å². The minimum Gasteiger partial charge on any atom is -0.497 e. The molecule has 0 amide bonds. The fourth-order valence-electron chi connectivity index (χ4n) is 1.75. The van der Waals surface area contributed by atoms with Crippen LogP contribution in [0, 0.1) is 11.3 Å². The molecule has 1 N–H and O–H groups in total. The molecule has 0 aliphatic carbocycles. The molecule has 0 spiro atoms. The van der Waals surface area contributed by atoms with E-state index >= 15 is 0 Å². The number of morpholine rings is 1. The van der Waals surface area contributed by atoms with Crippen LogP contribution in [0.25, 0.3) is 0 Å². The van der Waals surface area contributed by atoms with E-state index < -0.39 is 0 Å². The highest BCUT2D eigenvalue weighted by Crippen LogP contribution is 2.22. The predicted molar refractivity (Wildman–Crippen MR) is 65.8 cm³/mol. The quantitative estimate of drug-likeness (QED) is 0.859. The molecule has 5 nitrogen and oxygen atoms in total. The SMILES string of the molecule is COc1cc(C#N)cc(OCC2CNCCO2)c1. The van der Waals surface area contributed by atoms with Crippen molar-refractivity contribution >= 4 is 0 Å². The summed E-state index contributed by atoms with van der Waals surface area (Å²) < 4.78 is 16.3. The van der Waals surface area contributed by atoms with Crippen LogP contribution in [-0.4, -0.2) is 39.5 Å². The van der Waals surface area contributed by atoms with E-state index in [1.54, 1.807) is 25.3 Å². The molecular weight excluding hydrogens is 232 g/mol. The van der Waals surface area contributed by atoms with Gasteiger partial charge in [0.05, 0.1) is 25.3 Å². The Labute approximate surface area is 106 Å². The number of rotatable bonds is 4. The fourth-order valence-corrected chi connectivity index (χ4v) is 1.75. The van der Waals surface area contributed by atoms with Crippen molar-refractivity contribution in [3.63, 3.8) is 0 Å². The highest BCUT2D eigenvalue weighted by molar-refractivity contribution is 5.43. The van der Waals surface area contributed by atoms with Crippen LogP contribution in [0.15, 0.2) is 18.2 Å². The smallest absolute Gasteiger partial charge is 0.124 e. The molecule has 1 aromatic rings. The van der Waals surface area contributed by atoms with E-state index in [4.69, 9.17) is 19.5 Å². The summed E-state index contributed by atoms with van der Waals surface area (Å²) in [4.78, 5) is 0. The zero-order valence-electron chi connectivity index (χ0n) is 10.3. The Morgan fingerprint density at radius 3 is 2.94 bits per heavy atom. The third kappa shape index (κ3) is 3.36. The van der Waals surface area contributed by atoms with Crippen LogP contribution in [-0.2, 0) is 4.74 Å². The van der Waals surface area contributed by atoms with Gasteiger partial charge in [0, 0.05) is 19.2 Å². The van der Waals surface area contributed by atoms with Gasteiger partial charge in [-0.25, -0.2) is 0 Å². The number of nitriles is 1. The molecule has 5 heteroatoms. The van der Waals surface area contributed by atoms with Gasteiger partial charge in [0.25, 0.3) is 0 Å². The minimum absolute atomic E-state index is 0.0514. The Morgan fingerprint density at radius 1 is 1.44 bits per heavy atom. The van der Waals surface area contributed by atoms with Crippen LogP contribution in [0.3, 0.4) is 0 Å². The summed E-state index contributed by atoms with van der Waals surface area (Å²) in [5.41, 5.74) is 0.520. The summed E-state index contributed by atoms with van der Waals surface area (Å²) in [6.45, 7) is 2.84. The zero-order chi connectivity index (χ0) is 12.8. The maximum atomic E-state index is 8.90. The summed E-state index contributed by atoms with van der Waals surface area (Å²) in [6, 6.07) is 7.20. The number of hydrogen-bond donors (Lipinski definition) is 1. The van der Waals surface area contributed by atoms with E-state index in [0.29, 0.717) is 30.3 Å². The molecule has 1 aromatic carbocycles. The van der Waals surface area contributed by atoms with E-state index in [9.17, 15) is 0 Å². The van der Waals surface area contributed by atoms with E-state index in [-0.39, 0.29) is 6.10 Å². The summed E-state index contributed by atoms with van der Waals surface area (Å²) >= 11 is 0. The third-order valence-corrected chi connectivity index (χ3v) is 2.69. The Morgan fingerprint density at radius 2 is 2.28 bits per heavy atom. The fraction of sp³-hybridized carbons (Fsp3) is 0.462. The molecule has 1 unspecified atom stereocenters. The lowest BCUT2D eigenvalue weighted by molar-refractivity contribution is 0.000154. The van der Waals surface area contributed by atoms with Crippen molar-refractivity contribution in [2.45, 2.75) is 6.10 Å². The van der Waals surface area contributed by atoms with Gasteiger partial charge in [-0.05, 0) is 12.1 Å². The standard InChI is InChI=1S/C13H16N2O3/c1-16-11-4-10(7-14)5-12(6-11)18-9-13-8-15-2-3-17-13/h4-6,13,15H,2-3,8-9H2,1H3. The first-order valence-corrected chi connectivity index (χ1v) is 5.86. The monoisotopic (exact) mass is 248 g/mol. The van der Waals surface area contributed by atoms with E-state index in [1.807, 2.05) is 0 Å². The Kier molecular flexibility index (Phi) is 4.40. The summed E-state index contributed by atoms with van der Waals surface area (Å²) in [7, 11) is 1.56. The van der Waals surface area contributed by atoms with Gasteiger partial charge in [-0.2, -0.15) is 5.26 Å². The van der Waals surface area contributed by atoms with E-state index in [0.717, 1.165) is 13.1 Å². The van der Waals surface area contributed by atoms with Crippen molar-refractivity contribution in [1.29, 1.82) is 5.26 Å². The molecule has 96 valence electrons. The Bertz CT molecular complexity index is 436. The molecule has 18 heavy (non-hydrogen) atoms. The summed E-state index contributed by atoms with van der Waals surface area (Å²) in [5.74, 6) is 1.24. The molecule has 0 bridgehead atoms. The van der Waals surface area contributed by atoms with Crippen LogP contribution in [0.2, 0.25) is 0 Å². The molecule has 1 fully saturated rings. The molecule has 1 atom stereocenters. The first-order chi connectivity index (χ1) is 8.81. The van der Waals surface area contributed by atoms with Crippen molar-refractivity contribution in [2.75, 3.05) is 33.4 Å². The normalized spacial score (nSPS) is 19.0. The molecule has 1 aliphatic heterocycles. The molecule has 0 radical (unpaired) electrons. The summed E-state index contributed by atoms with van der Waals surface area (Å²) in [6.07, 6.45) is 0.0514. The van der Waals surface area contributed by atoms with Crippen molar-refractivity contribution in [2.24, 2.45) is 0 Å².